The predicted octanol–water partition coefficient (Wildman–Crippen LogP) is 4.06. The summed E-state index contributed by atoms with van der Waals surface area (Å²) in [7, 11) is 1.43. The Labute approximate surface area is 122 Å². The number of hydrogen-bond acceptors (Lipinski definition) is 3. The van der Waals surface area contributed by atoms with Crippen LogP contribution >= 0.6 is 0 Å². The van der Waals surface area contributed by atoms with Crippen molar-refractivity contribution in [2.75, 3.05) is 7.11 Å². The number of unbranched alkanes of at least 4 members (excludes halogenated alkanes) is 2. The summed E-state index contributed by atoms with van der Waals surface area (Å²) in [5.74, 6) is 1.13. The number of ether oxygens (including phenoxy) is 1. The van der Waals surface area contributed by atoms with E-state index in [1.807, 2.05) is 0 Å². The number of allylic oxidation sites excluding steroid dienone is 2. The first kappa shape index (κ1) is 16.9. The second-order valence-corrected chi connectivity index (χ2v) is 5.66. The molecule has 1 aliphatic carbocycles. The monoisotopic (exact) mass is 280 g/mol. The maximum Gasteiger partial charge on any atom is 0.305 e. The second kappa shape index (κ2) is 9.73. The van der Waals surface area contributed by atoms with Crippen molar-refractivity contribution in [1.82, 2.24) is 0 Å². The molecule has 0 amide bonds. The number of ketones is 1. The van der Waals surface area contributed by atoms with Gasteiger partial charge in [0.25, 0.3) is 0 Å². The Kier molecular flexibility index (Phi) is 8.24. The molecule has 0 heterocycles. The van der Waals surface area contributed by atoms with Crippen LogP contribution in [0.15, 0.2) is 12.2 Å². The molecule has 3 nitrogen and oxygen atoms in total. The fraction of sp³-hybridized carbons (Fsp3) is 0.765. The minimum absolute atomic E-state index is 0.122. The van der Waals surface area contributed by atoms with E-state index >= 15 is 0 Å². The van der Waals surface area contributed by atoms with Gasteiger partial charge < -0.3 is 4.74 Å². The highest BCUT2D eigenvalue weighted by molar-refractivity contribution is 5.83. The number of carbonyl (C=O) groups is 2. The molecule has 2 atom stereocenters. The van der Waals surface area contributed by atoms with Gasteiger partial charge in [0.1, 0.15) is 5.78 Å². The van der Waals surface area contributed by atoms with Crippen LogP contribution in [0.3, 0.4) is 0 Å². The maximum atomic E-state index is 11.9. The molecule has 1 aliphatic rings. The molecule has 0 N–H and O–H groups in total. The number of Topliss-reactive ketones (excluding diaryl/α,β-unsaturated/α-hetero) is 1. The predicted molar refractivity (Wildman–Crippen MR) is 80.4 cm³/mol. The molecular weight excluding hydrogens is 252 g/mol. The zero-order chi connectivity index (χ0) is 14.8. The van der Waals surface area contributed by atoms with Crippen molar-refractivity contribution in [1.29, 1.82) is 0 Å². The molecule has 1 rings (SSSR count). The molecule has 1 saturated carbocycles. The average molecular weight is 280 g/mol. The van der Waals surface area contributed by atoms with Gasteiger partial charge in [-0.2, -0.15) is 0 Å². The summed E-state index contributed by atoms with van der Waals surface area (Å²) in [6, 6.07) is 0. The number of rotatable bonds is 9. The van der Waals surface area contributed by atoms with Crippen molar-refractivity contribution >= 4 is 11.8 Å². The van der Waals surface area contributed by atoms with Crippen LogP contribution in [-0.2, 0) is 14.3 Å². The lowest BCUT2D eigenvalue weighted by Crippen LogP contribution is -2.14. The molecule has 0 aliphatic heterocycles. The van der Waals surface area contributed by atoms with Crippen molar-refractivity contribution in [2.45, 2.75) is 64.7 Å². The molecule has 0 aromatic carbocycles. The Morgan fingerprint density at radius 2 is 2.10 bits per heavy atom. The minimum atomic E-state index is -0.122. The highest BCUT2D eigenvalue weighted by atomic mass is 16.5. The van der Waals surface area contributed by atoms with E-state index in [4.69, 9.17) is 0 Å². The third-order valence-corrected chi connectivity index (χ3v) is 4.22. The summed E-state index contributed by atoms with van der Waals surface area (Å²) in [5.41, 5.74) is 0. The Bertz CT molecular complexity index is 333. The van der Waals surface area contributed by atoms with E-state index in [9.17, 15) is 9.59 Å². The molecule has 0 aromatic heterocycles. The lowest BCUT2D eigenvalue weighted by atomic mass is 9.88. The summed E-state index contributed by atoms with van der Waals surface area (Å²) < 4.78 is 4.63. The van der Waals surface area contributed by atoms with E-state index in [2.05, 4.69) is 23.8 Å². The molecule has 1 fully saturated rings. The maximum absolute atomic E-state index is 11.9. The fourth-order valence-corrected chi connectivity index (χ4v) is 3.01. The fourth-order valence-electron chi connectivity index (χ4n) is 3.01. The van der Waals surface area contributed by atoms with Crippen molar-refractivity contribution in [2.24, 2.45) is 11.8 Å². The van der Waals surface area contributed by atoms with Crippen LogP contribution in [0.2, 0.25) is 0 Å². The average Bonchev–Trinajstić information content (AvgIpc) is 2.79. The first-order chi connectivity index (χ1) is 9.69. The zero-order valence-electron chi connectivity index (χ0n) is 12.9. The van der Waals surface area contributed by atoms with Gasteiger partial charge in [0.2, 0.25) is 0 Å². The van der Waals surface area contributed by atoms with Gasteiger partial charge in [0, 0.05) is 18.8 Å². The first-order valence-electron chi connectivity index (χ1n) is 7.93. The number of hydrogen-bond donors (Lipinski definition) is 0. The Hall–Kier alpha value is -1.12. The van der Waals surface area contributed by atoms with E-state index in [0.29, 0.717) is 18.1 Å². The normalized spacial score (nSPS) is 22.6. The van der Waals surface area contributed by atoms with Gasteiger partial charge in [-0.15, -0.1) is 0 Å². The van der Waals surface area contributed by atoms with Crippen LogP contribution in [0.4, 0.5) is 0 Å². The van der Waals surface area contributed by atoms with Crippen LogP contribution in [0.25, 0.3) is 0 Å². The van der Waals surface area contributed by atoms with E-state index in [1.54, 1.807) is 0 Å². The highest BCUT2D eigenvalue weighted by Gasteiger charge is 2.32. The Morgan fingerprint density at radius 3 is 2.80 bits per heavy atom. The van der Waals surface area contributed by atoms with E-state index in [0.717, 1.165) is 51.4 Å². The molecule has 0 aromatic rings. The van der Waals surface area contributed by atoms with Gasteiger partial charge in [-0.3, -0.25) is 9.59 Å². The Morgan fingerprint density at radius 1 is 1.30 bits per heavy atom. The van der Waals surface area contributed by atoms with E-state index < -0.39 is 0 Å². The highest BCUT2D eigenvalue weighted by Crippen LogP contribution is 2.35. The topological polar surface area (TPSA) is 43.4 Å². The summed E-state index contributed by atoms with van der Waals surface area (Å²) >= 11 is 0. The molecule has 0 bridgehead atoms. The first-order valence-corrected chi connectivity index (χ1v) is 7.93. The quantitative estimate of drug-likeness (QED) is 0.363. The smallest absolute Gasteiger partial charge is 0.305 e. The van der Waals surface area contributed by atoms with Crippen molar-refractivity contribution in [3.05, 3.63) is 12.2 Å². The molecule has 114 valence electrons. The van der Waals surface area contributed by atoms with E-state index in [-0.39, 0.29) is 11.9 Å². The Balaban J connectivity index is 2.22. The van der Waals surface area contributed by atoms with Gasteiger partial charge >= 0.3 is 5.97 Å². The molecule has 0 radical (unpaired) electrons. The van der Waals surface area contributed by atoms with Crippen molar-refractivity contribution in [3.63, 3.8) is 0 Å². The second-order valence-electron chi connectivity index (χ2n) is 5.66. The third kappa shape index (κ3) is 5.89. The standard InChI is InChI=1S/C17H28O3/c1-3-4-6-10-15-14(12-13-16(15)18)9-7-5-8-11-17(19)20-2/h4,6,14-15H,3,5,7-13H2,1-2H3/b6-4-/t14-,15+/m0/s1. The summed E-state index contributed by atoms with van der Waals surface area (Å²) in [6.07, 6.45) is 12.8. The van der Waals surface area contributed by atoms with Crippen LogP contribution in [-0.4, -0.2) is 18.9 Å². The van der Waals surface area contributed by atoms with Crippen LogP contribution < -0.4 is 0 Å². The summed E-state index contributed by atoms with van der Waals surface area (Å²) in [5, 5.41) is 0. The largest absolute Gasteiger partial charge is 0.469 e. The zero-order valence-corrected chi connectivity index (χ0v) is 12.9. The van der Waals surface area contributed by atoms with Gasteiger partial charge in [-0.05, 0) is 38.0 Å². The number of methoxy groups -OCH3 is 1. The molecule has 0 spiro atoms. The number of esters is 1. The molecule has 3 heteroatoms. The molecular formula is C17H28O3. The van der Waals surface area contributed by atoms with Gasteiger partial charge in [-0.1, -0.05) is 31.9 Å². The van der Waals surface area contributed by atoms with Crippen LogP contribution in [0.1, 0.15) is 64.7 Å². The summed E-state index contributed by atoms with van der Waals surface area (Å²) in [6.45, 7) is 2.12. The van der Waals surface area contributed by atoms with Crippen LogP contribution in [0.5, 0.6) is 0 Å². The van der Waals surface area contributed by atoms with Gasteiger partial charge in [0.15, 0.2) is 0 Å². The third-order valence-electron chi connectivity index (χ3n) is 4.22. The lowest BCUT2D eigenvalue weighted by molar-refractivity contribution is -0.140. The SMILES string of the molecule is CC/C=C\C[C@H]1C(=O)CC[C@@H]1CCCCCC(=O)OC. The van der Waals surface area contributed by atoms with E-state index in [1.165, 1.54) is 7.11 Å². The van der Waals surface area contributed by atoms with Gasteiger partial charge in [-0.25, -0.2) is 0 Å². The summed E-state index contributed by atoms with van der Waals surface area (Å²) in [4.78, 5) is 22.9. The molecule has 0 unspecified atom stereocenters. The molecule has 20 heavy (non-hydrogen) atoms. The van der Waals surface area contributed by atoms with Gasteiger partial charge in [0.05, 0.1) is 7.11 Å². The van der Waals surface area contributed by atoms with Crippen molar-refractivity contribution < 1.29 is 14.3 Å². The lowest BCUT2D eigenvalue weighted by Gasteiger charge is -2.16. The van der Waals surface area contributed by atoms with Crippen LogP contribution in [0, 0.1) is 11.8 Å². The minimum Gasteiger partial charge on any atom is -0.469 e. The molecule has 0 saturated heterocycles. The van der Waals surface area contributed by atoms with Crippen molar-refractivity contribution in [3.8, 4) is 0 Å². The number of carbonyl (C=O) groups excluding carboxylic acids is 2.